The first-order valence-electron chi connectivity index (χ1n) is 9.35. The van der Waals surface area contributed by atoms with E-state index in [0.29, 0.717) is 5.92 Å². The molecule has 0 saturated carbocycles. The van der Waals surface area contributed by atoms with Crippen molar-refractivity contribution in [2.45, 2.75) is 51.7 Å². The van der Waals surface area contributed by atoms with E-state index in [1.807, 2.05) is 0 Å². The smallest absolute Gasteiger partial charge is 0.0916 e. The first-order chi connectivity index (χ1) is 11.1. The van der Waals surface area contributed by atoms with E-state index in [1.54, 1.807) is 0 Å². The number of fused-ring (bicyclic) bond motifs is 1. The second kappa shape index (κ2) is 7.78. The normalized spacial score (nSPS) is 24.6. The predicted octanol–water partition coefficient (Wildman–Crippen LogP) is 3.09. The van der Waals surface area contributed by atoms with E-state index >= 15 is 0 Å². The Kier molecular flexibility index (Phi) is 5.73. The quantitative estimate of drug-likeness (QED) is 0.904. The van der Waals surface area contributed by atoms with Gasteiger partial charge in [0.25, 0.3) is 0 Å². The van der Waals surface area contributed by atoms with Crippen LogP contribution in [0, 0.1) is 5.92 Å². The Morgan fingerprint density at radius 2 is 1.83 bits per heavy atom. The zero-order valence-electron chi connectivity index (χ0n) is 14.7. The maximum atomic E-state index is 10.6. The highest BCUT2D eigenvalue weighted by Crippen LogP contribution is 2.23. The third-order valence-electron chi connectivity index (χ3n) is 5.33. The third kappa shape index (κ3) is 4.56. The van der Waals surface area contributed by atoms with Gasteiger partial charge in [-0.2, -0.15) is 0 Å². The van der Waals surface area contributed by atoms with E-state index in [9.17, 15) is 5.11 Å². The van der Waals surface area contributed by atoms with Crippen LogP contribution in [0.4, 0.5) is 0 Å². The zero-order valence-corrected chi connectivity index (χ0v) is 14.7. The summed E-state index contributed by atoms with van der Waals surface area (Å²) in [7, 11) is 0. The Morgan fingerprint density at radius 3 is 2.57 bits per heavy atom. The molecule has 0 amide bonds. The largest absolute Gasteiger partial charge is 0.387 e. The molecule has 1 aromatic rings. The topological polar surface area (TPSA) is 26.7 Å². The van der Waals surface area contributed by atoms with Crippen LogP contribution >= 0.6 is 0 Å². The van der Waals surface area contributed by atoms with Crippen molar-refractivity contribution in [1.82, 2.24) is 9.80 Å². The molecule has 3 rings (SSSR count). The van der Waals surface area contributed by atoms with Crippen LogP contribution in [-0.2, 0) is 6.42 Å². The van der Waals surface area contributed by atoms with Gasteiger partial charge in [0.1, 0.15) is 0 Å². The van der Waals surface area contributed by atoms with Crippen molar-refractivity contribution >= 4 is 0 Å². The highest BCUT2D eigenvalue weighted by Gasteiger charge is 2.29. The summed E-state index contributed by atoms with van der Waals surface area (Å²) in [5.41, 5.74) is 2.43. The van der Waals surface area contributed by atoms with Crippen molar-refractivity contribution in [1.29, 1.82) is 0 Å². The minimum absolute atomic E-state index is 0.365. The van der Waals surface area contributed by atoms with Crippen molar-refractivity contribution in [3.8, 4) is 0 Å². The van der Waals surface area contributed by atoms with Crippen molar-refractivity contribution in [3.63, 3.8) is 0 Å². The lowest BCUT2D eigenvalue weighted by Crippen LogP contribution is -2.38. The summed E-state index contributed by atoms with van der Waals surface area (Å²) in [6, 6.07) is 9.31. The summed E-state index contributed by atoms with van der Waals surface area (Å²) < 4.78 is 0. The van der Waals surface area contributed by atoms with E-state index in [0.717, 1.165) is 37.7 Å². The Hall–Kier alpha value is -0.900. The van der Waals surface area contributed by atoms with Gasteiger partial charge >= 0.3 is 0 Å². The molecule has 2 atom stereocenters. The highest BCUT2D eigenvalue weighted by molar-refractivity contribution is 5.24. The van der Waals surface area contributed by atoms with Crippen LogP contribution in [0.3, 0.4) is 0 Å². The van der Waals surface area contributed by atoms with Gasteiger partial charge < -0.3 is 5.11 Å². The number of nitrogens with zero attached hydrogens (tertiary/aromatic N) is 2. The molecule has 0 aromatic heterocycles. The molecule has 0 radical (unpaired) electrons. The van der Waals surface area contributed by atoms with Crippen LogP contribution in [-0.4, -0.2) is 53.7 Å². The Morgan fingerprint density at radius 1 is 1.09 bits per heavy atom. The molecule has 3 nitrogen and oxygen atoms in total. The number of hydrogen-bond acceptors (Lipinski definition) is 3. The average molecular weight is 316 g/mol. The Labute approximate surface area is 141 Å². The van der Waals surface area contributed by atoms with Crippen molar-refractivity contribution < 1.29 is 5.11 Å². The van der Waals surface area contributed by atoms with Gasteiger partial charge in [0.15, 0.2) is 0 Å². The van der Waals surface area contributed by atoms with Gasteiger partial charge in [-0.1, -0.05) is 38.1 Å². The summed E-state index contributed by atoms with van der Waals surface area (Å²) in [6.45, 7) is 10.0. The molecule has 23 heavy (non-hydrogen) atoms. The molecule has 128 valence electrons. The number of hydrogen-bond donors (Lipinski definition) is 1. The van der Waals surface area contributed by atoms with Crippen molar-refractivity contribution in [2.75, 3.05) is 32.7 Å². The fourth-order valence-corrected chi connectivity index (χ4v) is 4.15. The molecule has 2 fully saturated rings. The summed E-state index contributed by atoms with van der Waals surface area (Å²) >= 11 is 0. The van der Waals surface area contributed by atoms with Crippen LogP contribution in [0.1, 0.15) is 50.3 Å². The van der Waals surface area contributed by atoms with Crippen molar-refractivity contribution in [3.05, 3.63) is 35.4 Å². The monoisotopic (exact) mass is 316 g/mol. The minimum Gasteiger partial charge on any atom is -0.387 e. The molecule has 0 bridgehead atoms. The van der Waals surface area contributed by atoms with Gasteiger partial charge in [0, 0.05) is 19.1 Å². The number of aliphatic hydroxyl groups is 1. The molecule has 2 heterocycles. The second-order valence-electron chi connectivity index (χ2n) is 7.80. The fraction of sp³-hybridized carbons (Fsp3) is 0.700. The molecule has 1 aromatic carbocycles. The molecule has 2 aliphatic rings. The first kappa shape index (κ1) is 16.9. The van der Waals surface area contributed by atoms with Crippen LogP contribution in [0.5, 0.6) is 0 Å². The van der Waals surface area contributed by atoms with Gasteiger partial charge in [0.05, 0.1) is 6.10 Å². The highest BCUT2D eigenvalue weighted by atomic mass is 16.3. The summed E-state index contributed by atoms with van der Waals surface area (Å²) in [5, 5.41) is 10.6. The molecule has 3 heteroatoms. The van der Waals surface area contributed by atoms with Crippen molar-refractivity contribution in [2.24, 2.45) is 5.92 Å². The van der Waals surface area contributed by atoms with Gasteiger partial charge in [0.2, 0.25) is 0 Å². The van der Waals surface area contributed by atoms with E-state index < -0.39 is 0 Å². The molecule has 2 saturated heterocycles. The van der Waals surface area contributed by atoms with Gasteiger partial charge in [-0.05, 0) is 62.4 Å². The van der Waals surface area contributed by atoms with Crippen LogP contribution in [0.2, 0.25) is 0 Å². The van der Waals surface area contributed by atoms with E-state index in [2.05, 4.69) is 47.9 Å². The first-order valence-corrected chi connectivity index (χ1v) is 9.35. The van der Waals surface area contributed by atoms with Gasteiger partial charge in [-0.3, -0.25) is 9.80 Å². The number of aliphatic hydroxyl groups excluding tert-OH is 1. The second-order valence-corrected chi connectivity index (χ2v) is 7.80. The molecule has 0 spiro atoms. The maximum absolute atomic E-state index is 10.6. The number of benzene rings is 1. The molecular weight excluding hydrogens is 284 g/mol. The van der Waals surface area contributed by atoms with E-state index in [1.165, 1.54) is 37.9 Å². The Balaban J connectivity index is 1.56. The Bertz CT molecular complexity index is 485. The summed E-state index contributed by atoms with van der Waals surface area (Å²) in [4.78, 5) is 5.12. The van der Waals surface area contributed by atoms with Crippen LogP contribution in [0.25, 0.3) is 0 Å². The average Bonchev–Trinajstić information content (AvgIpc) is 2.86. The third-order valence-corrected chi connectivity index (χ3v) is 5.33. The predicted molar refractivity (Wildman–Crippen MR) is 95.6 cm³/mol. The van der Waals surface area contributed by atoms with Gasteiger partial charge in [-0.15, -0.1) is 0 Å². The van der Waals surface area contributed by atoms with Crippen LogP contribution < -0.4 is 0 Å². The molecule has 0 aliphatic carbocycles. The molecule has 0 unspecified atom stereocenters. The standard InChI is InChI=1S/C20H32N2O/c1-16(2)13-17-6-8-18(9-7-17)20(23)15-21-10-4-12-22-11-3-5-19(22)14-21/h6-9,16,19-20,23H,3-5,10-15H2,1-2H3/t19-,20+/m1/s1. The lowest BCUT2D eigenvalue weighted by atomic mass is 10.00. The number of β-amino-alcohol motifs (C(OH)–C–C–N with tert-alkyl or cyclic N) is 1. The SMILES string of the molecule is CC(C)Cc1ccc([C@@H](O)CN2CCCN3CCC[C@@H]3C2)cc1. The lowest BCUT2D eigenvalue weighted by molar-refractivity contribution is 0.108. The fourth-order valence-electron chi connectivity index (χ4n) is 4.15. The zero-order chi connectivity index (χ0) is 16.2. The minimum atomic E-state index is -0.365. The summed E-state index contributed by atoms with van der Waals surface area (Å²) in [5.74, 6) is 0.678. The molecule has 1 N–H and O–H groups in total. The van der Waals surface area contributed by atoms with E-state index in [4.69, 9.17) is 0 Å². The number of rotatable bonds is 5. The maximum Gasteiger partial charge on any atom is 0.0916 e. The van der Waals surface area contributed by atoms with E-state index in [-0.39, 0.29) is 6.10 Å². The van der Waals surface area contributed by atoms with Gasteiger partial charge in [-0.25, -0.2) is 0 Å². The molecular formula is C20H32N2O. The van der Waals surface area contributed by atoms with Crippen LogP contribution in [0.15, 0.2) is 24.3 Å². The summed E-state index contributed by atoms with van der Waals surface area (Å²) in [6.07, 6.45) is 4.65. The lowest BCUT2D eigenvalue weighted by Gasteiger charge is -2.27. The molecule has 2 aliphatic heterocycles.